The summed E-state index contributed by atoms with van der Waals surface area (Å²) in [6, 6.07) is 28.4. The molecule has 200 valence electrons. The van der Waals surface area contributed by atoms with Crippen molar-refractivity contribution in [2.45, 2.75) is 20.1 Å². The van der Waals surface area contributed by atoms with Crippen molar-refractivity contribution >= 4 is 34.2 Å². The second-order valence-electron chi connectivity index (χ2n) is 9.34. The van der Waals surface area contributed by atoms with Crippen LogP contribution in [0.25, 0.3) is 11.0 Å². The van der Waals surface area contributed by atoms with Crippen LogP contribution in [0, 0.1) is 6.92 Å². The molecule has 1 heterocycles. The second kappa shape index (κ2) is 11.6. The molecule has 0 radical (unpaired) electrons. The van der Waals surface area contributed by atoms with Crippen LogP contribution in [0.3, 0.4) is 0 Å². The molecule has 4 N–H and O–H groups in total. The normalized spacial score (nSPS) is 10.7. The van der Waals surface area contributed by atoms with Gasteiger partial charge in [0, 0.05) is 23.6 Å². The van der Waals surface area contributed by atoms with Crippen LogP contribution >= 0.6 is 0 Å². The summed E-state index contributed by atoms with van der Waals surface area (Å²) < 4.78 is 11.3. The number of rotatable bonds is 8. The third-order valence-electron chi connectivity index (χ3n) is 6.36. The van der Waals surface area contributed by atoms with Crippen LogP contribution in [-0.4, -0.2) is 11.8 Å². The summed E-state index contributed by atoms with van der Waals surface area (Å²) in [6.07, 6.45) is 0. The van der Waals surface area contributed by atoms with Crippen LogP contribution in [0.4, 0.5) is 11.4 Å². The Morgan fingerprint density at radius 3 is 2.33 bits per heavy atom. The standard InChI is InChI=1S/C32H27N3O5/c1-20-6-8-22(9-7-20)19-39-25-15-14-24-16-26(32(38)40-29(24)17-25)31(37)34-18-21-10-12-23(13-11-21)30(36)35-28-5-3-2-4-27(28)33/h2-17H,18-19,33H2,1H3,(H,34,37)(H,35,36). The highest BCUT2D eigenvalue weighted by atomic mass is 16.5. The van der Waals surface area contributed by atoms with E-state index in [0.717, 1.165) is 11.1 Å². The molecule has 40 heavy (non-hydrogen) atoms. The van der Waals surface area contributed by atoms with Crippen molar-refractivity contribution < 1.29 is 18.7 Å². The molecule has 0 aliphatic heterocycles. The Labute approximate surface area is 230 Å². The number of ether oxygens (including phenoxy) is 1. The zero-order valence-corrected chi connectivity index (χ0v) is 21.8. The van der Waals surface area contributed by atoms with E-state index in [1.54, 1.807) is 66.7 Å². The summed E-state index contributed by atoms with van der Waals surface area (Å²) in [5, 5.41) is 6.10. The summed E-state index contributed by atoms with van der Waals surface area (Å²) in [4.78, 5) is 37.9. The Bertz CT molecular complexity index is 1740. The van der Waals surface area contributed by atoms with Crippen molar-refractivity contribution in [3.63, 3.8) is 0 Å². The number of anilines is 2. The number of fused-ring (bicyclic) bond motifs is 1. The fraction of sp³-hybridized carbons (Fsp3) is 0.0938. The fourth-order valence-electron chi connectivity index (χ4n) is 4.05. The smallest absolute Gasteiger partial charge is 0.349 e. The van der Waals surface area contributed by atoms with Gasteiger partial charge < -0.3 is 25.5 Å². The van der Waals surface area contributed by atoms with Gasteiger partial charge in [0.2, 0.25) is 0 Å². The van der Waals surface area contributed by atoms with Crippen LogP contribution in [0.2, 0.25) is 0 Å². The molecule has 5 rings (SSSR count). The average molecular weight is 534 g/mol. The Hall–Kier alpha value is -5.37. The lowest BCUT2D eigenvalue weighted by Gasteiger charge is -2.09. The minimum Gasteiger partial charge on any atom is -0.489 e. The summed E-state index contributed by atoms with van der Waals surface area (Å²) in [7, 11) is 0. The molecule has 8 heteroatoms. The molecular formula is C32H27N3O5. The number of nitrogens with two attached hydrogens (primary N) is 1. The van der Waals surface area contributed by atoms with E-state index in [1.807, 2.05) is 31.2 Å². The molecule has 0 saturated heterocycles. The number of aryl methyl sites for hydroxylation is 1. The van der Waals surface area contributed by atoms with E-state index in [1.165, 1.54) is 11.6 Å². The Morgan fingerprint density at radius 2 is 1.57 bits per heavy atom. The average Bonchev–Trinajstić information content (AvgIpc) is 2.96. The van der Waals surface area contributed by atoms with E-state index < -0.39 is 11.5 Å². The van der Waals surface area contributed by atoms with Crippen LogP contribution in [0.1, 0.15) is 37.4 Å². The molecule has 0 spiro atoms. The van der Waals surface area contributed by atoms with Gasteiger partial charge in [-0.3, -0.25) is 9.59 Å². The van der Waals surface area contributed by atoms with E-state index in [0.29, 0.717) is 40.3 Å². The highest BCUT2D eigenvalue weighted by molar-refractivity contribution is 6.05. The molecule has 0 unspecified atom stereocenters. The number of hydrogen-bond acceptors (Lipinski definition) is 6. The monoisotopic (exact) mass is 533 g/mol. The molecule has 4 aromatic carbocycles. The van der Waals surface area contributed by atoms with Gasteiger partial charge >= 0.3 is 5.63 Å². The first-order chi connectivity index (χ1) is 19.4. The number of hydrogen-bond donors (Lipinski definition) is 3. The lowest BCUT2D eigenvalue weighted by molar-refractivity contribution is 0.0946. The van der Waals surface area contributed by atoms with Crippen molar-refractivity contribution in [2.24, 2.45) is 0 Å². The summed E-state index contributed by atoms with van der Waals surface area (Å²) >= 11 is 0. The first kappa shape index (κ1) is 26.2. The van der Waals surface area contributed by atoms with Gasteiger partial charge in [0.1, 0.15) is 23.5 Å². The van der Waals surface area contributed by atoms with E-state index in [4.69, 9.17) is 14.9 Å². The summed E-state index contributed by atoms with van der Waals surface area (Å²) in [5.74, 6) is -0.305. The largest absolute Gasteiger partial charge is 0.489 e. The number of carbonyl (C=O) groups excluding carboxylic acids is 2. The van der Waals surface area contributed by atoms with Crippen molar-refractivity contribution in [3.05, 3.63) is 135 Å². The summed E-state index contributed by atoms with van der Waals surface area (Å²) in [6.45, 7) is 2.56. The molecule has 0 bridgehead atoms. The van der Waals surface area contributed by atoms with Gasteiger partial charge in [-0.05, 0) is 60.5 Å². The Kier molecular flexibility index (Phi) is 7.59. The minimum atomic E-state index is -0.743. The molecule has 0 aliphatic carbocycles. The number of nitrogens with one attached hydrogen (secondary N) is 2. The van der Waals surface area contributed by atoms with Crippen molar-refractivity contribution in [3.8, 4) is 5.75 Å². The number of nitrogen functional groups attached to an aromatic ring is 1. The molecule has 0 saturated carbocycles. The van der Waals surface area contributed by atoms with Crippen molar-refractivity contribution in [2.75, 3.05) is 11.1 Å². The topological polar surface area (TPSA) is 124 Å². The molecular weight excluding hydrogens is 506 g/mol. The molecule has 1 aromatic heterocycles. The molecule has 0 fully saturated rings. The first-order valence-electron chi connectivity index (χ1n) is 12.6. The number of para-hydroxylation sites is 2. The highest BCUT2D eigenvalue weighted by Gasteiger charge is 2.15. The fourth-order valence-corrected chi connectivity index (χ4v) is 4.05. The van der Waals surface area contributed by atoms with E-state index in [9.17, 15) is 14.4 Å². The number of amides is 2. The highest BCUT2D eigenvalue weighted by Crippen LogP contribution is 2.22. The maximum atomic E-state index is 12.8. The molecule has 0 aliphatic rings. The zero-order valence-electron chi connectivity index (χ0n) is 21.8. The van der Waals surface area contributed by atoms with Crippen LogP contribution in [0.15, 0.2) is 106 Å². The number of benzene rings is 4. The first-order valence-corrected chi connectivity index (χ1v) is 12.6. The molecule has 2 amide bonds. The van der Waals surface area contributed by atoms with E-state index in [2.05, 4.69) is 10.6 Å². The third-order valence-corrected chi connectivity index (χ3v) is 6.36. The predicted molar refractivity (Wildman–Crippen MR) is 154 cm³/mol. The number of carbonyl (C=O) groups is 2. The van der Waals surface area contributed by atoms with Gasteiger partial charge in [-0.25, -0.2) is 4.79 Å². The third kappa shape index (κ3) is 6.19. The van der Waals surface area contributed by atoms with E-state index in [-0.39, 0.29) is 18.0 Å². The lowest BCUT2D eigenvalue weighted by atomic mass is 10.1. The van der Waals surface area contributed by atoms with Gasteiger partial charge in [-0.15, -0.1) is 0 Å². The maximum absolute atomic E-state index is 12.8. The second-order valence-corrected chi connectivity index (χ2v) is 9.34. The van der Waals surface area contributed by atoms with E-state index >= 15 is 0 Å². The minimum absolute atomic E-state index is 0.0997. The Morgan fingerprint density at radius 1 is 0.850 bits per heavy atom. The van der Waals surface area contributed by atoms with Gasteiger partial charge in [-0.2, -0.15) is 0 Å². The molecule has 5 aromatic rings. The lowest BCUT2D eigenvalue weighted by Crippen LogP contribution is -2.27. The van der Waals surface area contributed by atoms with Crippen LogP contribution in [0.5, 0.6) is 5.75 Å². The van der Waals surface area contributed by atoms with Crippen molar-refractivity contribution in [1.29, 1.82) is 0 Å². The Balaban J connectivity index is 1.20. The summed E-state index contributed by atoms with van der Waals surface area (Å²) in [5.41, 5.74) is 9.76. The predicted octanol–water partition coefficient (Wildman–Crippen LogP) is 5.44. The van der Waals surface area contributed by atoms with Gasteiger partial charge in [-0.1, -0.05) is 54.1 Å². The SMILES string of the molecule is Cc1ccc(COc2ccc3cc(C(=O)NCc4ccc(C(=O)Nc5ccccc5N)cc4)c(=O)oc3c2)cc1. The van der Waals surface area contributed by atoms with Crippen LogP contribution < -0.4 is 26.7 Å². The van der Waals surface area contributed by atoms with Gasteiger partial charge in [0.05, 0.1) is 11.4 Å². The maximum Gasteiger partial charge on any atom is 0.349 e. The molecule has 8 nitrogen and oxygen atoms in total. The molecule has 0 atom stereocenters. The van der Waals surface area contributed by atoms with Crippen LogP contribution in [-0.2, 0) is 13.2 Å². The quantitative estimate of drug-likeness (QED) is 0.180. The van der Waals surface area contributed by atoms with Gasteiger partial charge in [0.15, 0.2) is 0 Å². The van der Waals surface area contributed by atoms with Gasteiger partial charge in [0.25, 0.3) is 11.8 Å². The van der Waals surface area contributed by atoms with Crippen molar-refractivity contribution in [1.82, 2.24) is 5.32 Å². The zero-order chi connectivity index (χ0) is 28.1.